The molecule has 0 bridgehead atoms. The Morgan fingerprint density at radius 1 is 1.29 bits per heavy atom. The number of aromatic nitrogens is 2. The number of hydrogen-bond donors (Lipinski definition) is 0. The summed E-state index contributed by atoms with van der Waals surface area (Å²) in [4.78, 5) is 27.6. The number of hydrogen-bond acceptors (Lipinski definition) is 5. The van der Waals surface area contributed by atoms with E-state index in [1.165, 1.54) is 10.7 Å². The molecule has 3 rings (SSSR count). The lowest BCUT2D eigenvalue weighted by Gasteiger charge is -2.36. The third kappa shape index (κ3) is 4.34. The number of carbonyl (C=O) groups is 1. The molecule has 1 aliphatic heterocycles. The van der Waals surface area contributed by atoms with Crippen molar-refractivity contribution in [1.82, 2.24) is 19.6 Å². The van der Waals surface area contributed by atoms with Gasteiger partial charge < -0.3 is 15.0 Å². The first kappa shape index (κ1) is 20.3. The topological polar surface area (TPSA) is 84.5 Å². The molecule has 150 valence electrons. The summed E-state index contributed by atoms with van der Waals surface area (Å²) in [6.45, 7) is 7.12. The van der Waals surface area contributed by atoms with Crippen molar-refractivity contribution < 1.29 is 9.72 Å². The van der Waals surface area contributed by atoms with Crippen LogP contribution in [0.2, 0.25) is 5.02 Å². The molecule has 1 aliphatic rings. The zero-order valence-electron chi connectivity index (χ0n) is 16.0. The first-order valence-electron chi connectivity index (χ1n) is 9.35. The lowest BCUT2D eigenvalue weighted by molar-refractivity contribution is -0.389. The second-order valence-corrected chi connectivity index (χ2v) is 7.37. The average molecular weight is 406 g/mol. The molecule has 2 heterocycles. The van der Waals surface area contributed by atoms with E-state index in [0.717, 1.165) is 30.2 Å². The molecule has 9 heteroatoms. The first-order valence-corrected chi connectivity index (χ1v) is 9.73. The van der Waals surface area contributed by atoms with Gasteiger partial charge in [0.1, 0.15) is 0 Å². The van der Waals surface area contributed by atoms with Gasteiger partial charge in [0.05, 0.1) is 16.9 Å². The second-order valence-electron chi connectivity index (χ2n) is 6.96. The summed E-state index contributed by atoms with van der Waals surface area (Å²) in [7, 11) is 0. The normalized spacial score (nSPS) is 16.2. The van der Waals surface area contributed by atoms with Crippen molar-refractivity contribution >= 4 is 23.3 Å². The van der Waals surface area contributed by atoms with E-state index in [1.807, 2.05) is 36.1 Å². The zero-order valence-corrected chi connectivity index (χ0v) is 16.8. The number of nitrogens with zero attached hydrogens (tertiary/aromatic N) is 5. The molecular formula is C19H24ClN5O3. The lowest BCUT2D eigenvalue weighted by Crippen LogP contribution is -2.50. The molecule has 1 amide bonds. The van der Waals surface area contributed by atoms with Crippen LogP contribution in [0.15, 0.2) is 30.3 Å². The number of benzene rings is 1. The molecule has 1 aromatic heterocycles. The van der Waals surface area contributed by atoms with Crippen LogP contribution >= 0.6 is 11.6 Å². The van der Waals surface area contributed by atoms with E-state index in [1.54, 1.807) is 6.92 Å². The van der Waals surface area contributed by atoms with Crippen LogP contribution in [0.4, 0.5) is 5.82 Å². The Labute approximate surface area is 168 Å². The van der Waals surface area contributed by atoms with Gasteiger partial charge in [0, 0.05) is 37.7 Å². The summed E-state index contributed by atoms with van der Waals surface area (Å²) in [5.41, 5.74) is 1.69. The van der Waals surface area contributed by atoms with Gasteiger partial charge in [0.15, 0.2) is 6.04 Å². The minimum absolute atomic E-state index is 0.0407. The van der Waals surface area contributed by atoms with E-state index < -0.39 is 11.0 Å². The maximum absolute atomic E-state index is 13.0. The van der Waals surface area contributed by atoms with Gasteiger partial charge >= 0.3 is 5.82 Å². The van der Waals surface area contributed by atoms with Crippen LogP contribution in [0, 0.1) is 17.0 Å². The number of amides is 1. The summed E-state index contributed by atoms with van der Waals surface area (Å²) in [5.74, 6) is -0.269. The van der Waals surface area contributed by atoms with Crippen molar-refractivity contribution in [2.45, 2.75) is 32.9 Å². The van der Waals surface area contributed by atoms with Crippen molar-refractivity contribution in [3.63, 3.8) is 0 Å². The standard InChI is InChI=1S/C19H24ClN5O3/c1-3-17(24-14(2)12-18(21-24)25(27)28)19(26)23-10-8-22(9-11-23)13-15-6-4-5-7-16(15)20/h4-7,12,17H,3,8-11,13H2,1-2H3. The van der Waals surface area contributed by atoms with Crippen LogP contribution in [0.5, 0.6) is 0 Å². The number of carbonyl (C=O) groups excluding carboxylic acids is 1. The minimum Gasteiger partial charge on any atom is -0.358 e. The van der Waals surface area contributed by atoms with Gasteiger partial charge in [0.25, 0.3) is 0 Å². The molecule has 0 spiro atoms. The van der Waals surface area contributed by atoms with E-state index in [2.05, 4.69) is 10.00 Å². The van der Waals surface area contributed by atoms with Crippen LogP contribution in [0.3, 0.4) is 0 Å². The Balaban J connectivity index is 1.63. The third-order valence-electron chi connectivity index (χ3n) is 5.10. The van der Waals surface area contributed by atoms with Gasteiger partial charge in [-0.05, 0) is 29.9 Å². The highest BCUT2D eigenvalue weighted by atomic mass is 35.5. The van der Waals surface area contributed by atoms with E-state index in [0.29, 0.717) is 25.2 Å². The van der Waals surface area contributed by atoms with Gasteiger partial charge in [-0.25, -0.2) is 0 Å². The number of rotatable bonds is 6. The summed E-state index contributed by atoms with van der Waals surface area (Å²) < 4.78 is 1.48. The largest absolute Gasteiger partial charge is 0.390 e. The summed E-state index contributed by atoms with van der Waals surface area (Å²) >= 11 is 6.24. The number of aryl methyl sites for hydroxylation is 1. The Morgan fingerprint density at radius 2 is 1.96 bits per heavy atom. The van der Waals surface area contributed by atoms with Crippen LogP contribution in [0.1, 0.15) is 30.6 Å². The van der Waals surface area contributed by atoms with Crippen LogP contribution in [-0.4, -0.2) is 56.6 Å². The fourth-order valence-electron chi connectivity index (χ4n) is 3.53. The molecule has 1 saturated heterocycles. The Bertz CT molecular complexity index is 861. The number of nitro groups is 1. The van der Waals surface area contributed by atoms with Gasteiger partial charge in [0.2, 0.25) is 5.91 Å². The highest BCUT2D eigenvalue weighted by molar-refractivity contribution is 6.31. The molecule has 1 atom stereocenters. The maximum Gasteiger partial charge on any atom is 0.390 e. The fourth-order valence-corrected chi connectivity index (χ4v) is 3.73. The van der Waals surface area contributed by atoms with Crippen LogP contribution in [-0.2, 0) is 11.3 Å². The molecule has 28 heavy (non-hydrogen) atoms. The smallest absolute Gasteiger partial charge is 0.358 e. The Morgan fingerprint density at radius 3 is 2.54 bits per heavy atom. The molecule has 0 aliphatic carbocycles. The Kier molecular flexibility index (Phi) is 6.31. The van der Waals surface area contributed by atoms with Crippen LogP contribution < -0.4 is 0 Å². The van der Waals surface area contributed by atoms with Crippen molar-refractivity contribution in [2.75, 3.05) is 26.2 Å². The van der Waals surface area contributed by atoms with E-state index in [9.17, 15) is 14.9 Å². The monoisotopic (exact) mass is 405 g/mol. The molecular weight excluding hydrogens is 382 g/mol. The zero-order chi connectivity index (χ0) is 20.3. The maximum atomic E-state index is 13.0. The van der Waals surface area contributed by atoms with Crippen molar-refractivity contribution in [1.29, 1.82) is 0 Å². The highest BCUT2D eigenvalue weighted by Gasteiger charge is 2.32. The predicted octanol–water partition coefficient (Wildman–Crippen LogP) is 3.05. The minimum atomic E-state index is -0.534. The second kappa shape index (κ2) is 8.70. The predicted molar refractivity (Wildman–Crippen MR) is 106 cm³/mol. The molecule has 1 unspecified atom stereocenters. The van der Waals surface area contributed by atoms with Crippen molar-refractivity contribution in [3.8, 4) is 0 Å². The molecule has 0 radical (unpaired) electrons. The molecule has 8 nitrogen and oxygen atoms in total. The van der Waals surface area contributed by atoms with Gasteiger partial charge in [-0.3, -0.25) is 9.69 Å². The van der Waals surface area contributed by atoms with E-state index in [-0.39, 0.29) is 11.7 Å². The van der Waals surface area contributed by atoms with E-state index >= 15 is 0 Å². The lowest BCUT2D eigenvalue weighted by atomic mass is 10.1. The SMILES string of the molecule is CCC(C(=O)N1CCN(Cc2ccccc2Cl)CC1)n1nc([N+](=O)[O-])cc1C. The van der Waals surface area contributed by atoms with Crippen molar-refractivity contribution in [2.24, 2.45) is 0 Å². The third-order valence-corrected chi connectivity index (χ3v) is 5.47. The average Bonchev–Trinajstić information content (AvgIpc) is 3.07. The highest BCUT2D eigenvalue weighted by Crippen LogP contribution is 2.22. The first-order chi connectivity index (χ1) is 13.4. The molecule has 2 aromatic rings. The summed E-state index contributed by atoms with van der Waals surface area (Å²) in [6.07, 6.45) is 0.526. The quantitative estimate of drug-likeness (QED) is 0.544. The van der Waals surface area contributed by atoms with Crippen LogP contribution in [0.25, 0.3) is 0 Å². The molecule has 0 saturated carbocycles. The Hall–Kier alpha value is -2.45. The number of piperazine rings is 1. The van der Waals surface area contributed by atoms with Gasteiger partial charge in [-0.2, -0.15) is 4.68 Å². The van der Waals surface area contributed by atoms with E-state index in [4.69, 9.17) is 11.6 Å². The molecule has 0 N–H and O–H groups in total. The molecule has 1 fully saturated rings. The van der Waals surface area contributed by atoms with Crippen molar-refractivity contribution in [3.05, 3.63) is 56.7 Å². The summed E-state index contributed by atoms with van der Waals surface area (Å²) in [5, 5.41) is 15.8. The van der Waals surface area contributed by atoms with Gasteiger partial charge in [-0.15, -0.1) is 0 Å². The molecule has 1 aromatic carbocycles. The summed E-state index contributed by atoms with van der Waals surface area (Å²) in [6, 6.07) is 8.66. The van der Waals surface area contributed by atoms with Gasteiger partial charge in [-0.1, -0.05) is 36.7 Å². The number of halogens is 1. The fraction of sp³-hybridized carbons (Fsp3) is 0.474.